The zero-order chi connectivity index (χ0) is 30.8. The molecule has 0 spiro atoms. The van der Waals surface area contributed by atoms with Crippen LogP contribution in [0.2, 0.25) is 10.0 Å². The lowest BCUT2D eigenvalue weighted by Gasteiger charge is -2.15. The van der Waals surface area contributed by atoms with Gasteiger partial charge in [0.05, 0.1) is 5.25 Å². The summed E-state index contributed by atoms with van der Waals surface area (Å²) in [5.74, 6) is -0.391. The number of halogens is 2. The Bertz CT molecular complexity index is 1610. The summed E-state index contributed by atoms with van der Waals surface area (Å²) in [7, 11) is 0. The van der Waals surface area contributed by atoms with E-state index in [1.165, 1.54) is 29.6 Å². The molecule has 4 rings (SSSR count). The predicted molar refractivity (Wildman–Crippen MR) is 178 cm³/mol. The summed E-state index contributed by atoms with van der Waals surface area (Å²) in [5.41, 5.74) is 1.19. The van der Waals surface area contributed by atoms with E-state index < -0.39 is 17.1 Å². The Kier molecular flexibility index (Phi) is 12.1. The van der Waals surface area contributed by atoms with Crippen molar-refractivity contribution in [3.63, 3.8) is 0 Å². The number of thioether (sulfide) groups is 2. The highest BCUT2D eigenvalue weighted by atomic mass is 35.5. The molecule has 3 N–H and O–H groups in total. The van der Waals surface area contributed by atoms with Gasteiger partial charge in [0.2, 0.25) is 16.2 Å². The van der Waals surface area contributed by atoms with Crippen LogP contribution in [0.5, 0.6) is 0 Å². The number of benzene rings is 3. The van der Waals surface area contributed by atoms with Crippen LogP contribution in [0.25, 0.3) is 6.08 Å². The fourth-order valence-corrected chi connectivity index (χ4v) is 6.50. The minimum absolute atomic E-state index is 0.0506. The first-order chi connectivity index (χ1) is 20.8. The highest BCUT2D eigenvalue weighted by Gasteiger charge is 2.21. The molecule has 0 aliphatic carbocycles. The van der Waals surface area contributed by atoms with Gasteiger partial charge in [0.15, 0.2) is 0 Å². The van der Waals surface area contributed by atoms with E-state index in [2.05, 4.69) is 25.3 Å². The van der Waals surface area contributed by atoms with Crippen LogP contribution in [0, 0.1) is 0 Å². The van der Waals surface area contributed by atoms with Gasteiger partial charge < -0.3 is 10.6 Å². The normalized spacial score (nSPS) is 12.0. The average Bonchev–Trinajstić information content (AvgIpc) is 3.44. The Morgan fingerprint density at radius 3 is 2.37 bits per heavy atom. The van der Waals surface area contributed by atoms with Crippen molar-refractivity contribution in [3.8, 4) is 0 Å². The van der Waals surface area contributed by atoms with Gasteiger partial charge in [-0.2, -0.15) is 9.36 Å². The van der Waals surface area contributed by atoms with Crippen molar-refractivity contribution in [1.29, 1.82) is 0 Å². The standard InChI is InChI=1S/C30H27Cl2N5O3S3/c1-3-25(28(40)35-29-36-30(37-43-29)41-4-2)42-20-13-8-12-19(16-20)33-27(39)24(17-21-22(31)14-9-15-23(21)32)34-26(38)18-10-6-5-7-11-18/h5-17,25H,3-4H2,1-2H3,(H,33,39)(H,34,38)(H,35,36,37,40)/b24-17+. The molecule has 43 heavy (non-hydrogen) atoms. The number of hydrogen-bond donors (Lipinski definition) is 3. The van der Waals surface area contributed by atoms with Crippen LogP contribution in [0.4, 0.5) is 10.8 Å². The minimum atomic E-state index is -0.579. The maximum Gasteiger partial charge on any atom is 0.272 e. The average molecular weight is 673 g/mol. The lowest BCUT2D eigenvalue weighted by molar-refractivity contribution is -0.116. The van der Waals surface area contributed by atoms with Crippen LogP contribution in [-0.4, -0.2) is 38.1 Å². The Hall–Kier alpha value is -3.35. The van der Waals surface area contributed by atoms with E-state index in [0.29, 0.717) is 43.6 Å². The smallest absolute Gasteiger partial charge is 0.272 e. The first kappa shape index (κ1) is 32.6. The van der Waals surface area contributed by atoms with Crippen molar-refractivity contribution < 1.29 is 14.4 Å². The molecule has 3 aromatic carbocycles. The van der Waals surface area contributed by atoms with Gasteiger partial charge in [-0.15, -0.1) is 11.8 Å². The van der Waals surface area contributed by atoms with Gasteiger partial charge in [-0.05, 0) is 60.7 Å². The summed E-state index contributed by atoms with van der Waals surface area (Å²) in [4.78, 5) is 44.5. The molecule has 0 aliphatic heterocycles. The number of carbonyl (C=O) groups is 3. The molecule has 0 saturated heterocycles. The highest BCUT2D eigenvalue weighted by molar-refractivity contribution is 8.00. The third-order valence-electron chi connectivity index (χ3n) is 5.76. The molecular formula is C30H27Cl2N5O3S3. The monoisotopic (exact) mass is 671 g/mol. The number of nitrogens with zero attached hydrogens (tertiary/aromatic N) is 2. The molecule has 3 amide bonds. The largest absolute Gasteiger partial charge is 0.321 e. The van der Waals surface area contributed by atoms with Crippen LogP contribution in [0.3, 0.4) is 0 Å². The van der Waals surface area contributed by atoms with Crippen LogP contribution in [0.1, 0.15) is 36.2 Å². The molecule has 4 aromatic rings. The Labute approximate surface area is 272 Å². The van der Waals surface area contributed by atoms with Gasteiger partial charge in [-0.3, -0.25) is 19.7 Å². The van der Waals surface area contributed by atoms with Crippen molar-refractivity contribution in [2.75, 3.05) is 16.4 Å². The summed E-state index contributed by atoms with van der Waals surface area (Å²) in [6.07, 6.45) is 2.01. The van der Waals surface area contributed by atoms with Crippen LogP contribution in [-0.2, 0) is 9.59 Å². The van der Waals surface area contributed by atoms with Crippen molar-refractivity contribution >= 4 is 92.9 Å². The maximum absolute atomic E-state index is 13.5. The molecule has 0 fully saturated rings. The van der Waals surface area contributed by atoms with Gasteiger partial charge in [-0.25, -0.2) is 0 Å². The van der Waals surface area contributed by atoms with Gasteiger partial charge in [-0.1, -0.05) is 79.1 Å². The second-order valence-electron chi connectivity index (χ2n) is 8.81. The summed E-state index contributed by atoms with van der Waals surface area (Å²) in [6.45, 7) is 3.93. The minimum Gasteiger partial charge on any atom is -0.321 e. The van der Waals surface area contributed by atoms with Crippen LogP contribution < -0.4 is 16.0 Å². The van der Waals surface area contributed by atoms with E-state index in [-0.39, 0.29) is 11.6 Å². The van der Waals surface area contributed by atoms with E-state index in [1.54, 1.807) is 66.7 Å². The molecule has 0 aliphatic rings. The zero-order valence-electron chi connectivity index (χ0n) is 23.1. The molecule has 0 saturated carbocycles. The number of amides is 3. The van der Waals surface area contributed by atoms with E-state index in [1.807, 2.05) is 19.9 Å². The molecule has 1 atom stereocenters. The van der Waals surface area contributed by atoms with Crippen molar-refractivity contribution in [1.82, 2.24) is 14.7 Å². The summed E-state index contributed by atoms with van der Waals surface area (Å²) >= 11 is 16.7. The topological polar surface area (TPSA) is 113 Å². The Morgan fingerprint density at radius 1 is 0.953 bits per heavy atom. The van der Waals surface area contributed by atoms with Crippen molar-refractivity contribution in [2.45, 2.75) is 35.6 Å². The number of aromatic nitrogens is 2. The fourth-order valence-electron chi connectivity index (χ4n) is 3.70. The van der Waals surface area contributed by atoms with Gasteiger partial charge in [0.1, 0.15) is 5.70 Å². The quantitative estimate of drug-likeness (QED) is 0.104. The van der Waals surface area contributed by atoms with E-state index in [9.17, 15) is 14.4 Å². The van der Waals surface area contributed by atoms with Gasteiger partial charge in [0.25, 0.3) is 11.8 Å². The van der Waals surface area contributed by atoms with Gasteiger partial charge >= 0.3 is 0 Å². The van der Waals surface area contributed by atoms with E-state index >= 15 is 0 Å². The maximum atomic E-state index is 13.5. The lowest BCUT2D eigenvalue weighted by atomic mass is 10.1. The highest BCUT2D eigenvalue weighted by Crippen LogP contribution is 2.30. The molecule has 1 unspecified atom stereocenters. The second-order valence-corrected chi connectivity index (χ2v) is 12.9. The molecule has 13 heteroatoms. The van der Waals surface area contributed by atoms with Crippen molar-refractivity contribution in [3.05, 3.63) is 99.7 Å². The molecule has 1 aromatic heterocycles. The fraction of sp³-hybridized carbons (Fsp3) is 0.167. The number of rotatable bonds is 12. The SMILES string of the molecule is CCSc1nsc(NC(=O)C(CC)Sc2cccc(NC(=O)/C(=C\c3c(Cl)cccc3Cl)NC(=O)c3ccccc3)c2)n1. The summed E-state index contributed by atoms with van der Waals surface area (Å²) < 4.78 is 4.24. The third-order valence-corrected chi connectivity index (χ3v) is 9.25. The predicted octanol–water partition coefficient (Wildman–Crippen LogP) is 7.88. The molecule has 1 heterocycles. The Balaban J connectivity index is 1.51. The molecule has 222 valence electrons. The number of carbonyl (C=O) groups excluding carboxylic acids is 3. The van der Waals surface area contributed by atoms with E-state index in [0.717, 1.165) is 22.2 Å². The number of anilines is 2. The second kappa shape index (κ2) is 15.9. The first-order valence-electron chi connectivity index (χ1n) is 13.1. The molecule has 0 radical (unpaired) electrons. The molecule has 0 bridgehead atoms. The summed E-state index contributed by atoms with van der Waals surface area (Å²) in [6, 6.07) is 20.6. The summed E-state index contributed by atoms with van der Waals surface area (Å²) in [5, 5.41) is 9.70. The first-order valence-corrected chi connectivity index (χ1v) is 16.5. The Morgan fingerprint density at radius 2 is 1.67 bits per heavy atom. The van der Waals surface area contributed by atoms with E-state index in [4.69, 9.17) is 23.2 Å². The zero-order valence-corrected chi connectivity index (χ0v) is 27.1. The lowest BCUT2D eigenvalue weighted by Crippen LogP contribution is -2.30. The molecular weight excluding hydrogens is 645 g/mol. The molecule has 8 nitrogen and oxygen atoms in total. The third kappa shape index (κ3) is 9.32. The van der Waals surface area contributed by atoms with Crippen LogP contribution in [0.15, 0.2) is 88.5 Å². The van der Waals surface area contributed by atoms with Crippen molar-refractivity contribution in [2.24, 2.45) is 0 Å². The van der Waals surface area contributed by atoms with Gasteiger partial charge in [0, 0.05) is 43.3 Å². The number of nitrogens with one attached hydrogen (secondary N) is 3. The van der Waals surface area contributed by atoms with Crippen LogP contribution >= 0.6 is 58.3 Å². The number of hydrogen-bond acceptors (Lipinski definition) is 8.